The lowest BCUT2D eigenvalue weighted by atomic mass is 9.69. The van der Waals surface area contributed by atoms with Crippen LogP contribution in [0.5, 0.6) is 0 Å². The SMILES string of the molecule is c1ccc2c(c1)-c1ccc(N(c3ccc(-c4ccc5cc(-c6ccc7ccccc7c6)ccc5c4)cc3)c3ccc4c(c3)oc3ccccc34)cc1C21c2cc(C3CCCCC3)ccc2-c2ccc(C3CCCCC3)cc21. The van der Waals surface area contributed by atoms with E-state index < -0.39 is 5.41 Å². The van der Waals surface area contributed by atoms with Gasteiger partial charge in [0.15, 0.2) is 0 Å². The van der Waals surface area contributed by atoms with Gasteiger partial charge in [0.2, 0.25) is 0 Å². The van der Waals surface area contributed by atoms with Crippen LogP contribution in [0.25, 0.3) is 88.0 Å². The lowest BCUT2D eigenvalue weighted by Crippen LogP contribution is -2.27. The van der Waals surface area contributed by atoms with Gasteiger partial charge in [0.05, 0.1) is 5.41 Å². The van der Waals surface area contributed by atoms with Crippen molar-refractivity contribution >= 4 is 60.5 Å². The molecule has 0 atom stereocenters. The van der Waals surface area contributed by atoms with Crippen LogP contribution in [0, 0.1) is 0 Å². The summed E-state index contributed by atoms with van der Waals surface area (Å²) in [5.74, 6) is 1.20. The van der Waals surface area contributed by atoms with Gasteiger partial charge in [-0.05, 0) is 198 Å². The Labute approximate surface area is 451 Å². The van der Waals surface area contributed by atoms with E-state index in [-0.39, 0.29) is 0 Å². The Balaban J connectivity index is 0.850. The number of para-hydroxylation sites is 1. The van der Waals surface area contributed by atoms with E-state index in [0.717, 1.165) is 39.0 Å². The van der Waals surface area contributed by atoms with Gasteiger partial charge in [0, 0.05) is 33.9 Å². The molecule has 11 aromatic carbocycles. The summed E-state index contributed by atoms with van der Waals surface area (Å²) in [7, 11) is 0. The molecule has 0 unspecified atom stereocenters. The molecule has 77 heavy (non-hydrogen) atoms. The molecule has 370 valence electrons. The van der Waals surface area contributed by atoms with Crippen molar-refractivity contribution in [2.45, 2.75) is 81.5 Å². The number of rotatable bonds is 7. The van der Waals surface area contributed by atoms with E-state index in [1.54, 1.807) is 0 Å². The van der Waals surface area contributed by atoms with E-state index in [4.69, 9.17) is 4.42 Å². The number of anilines is 3. The van der Waals surface area contributed by atoms with Gasteiger partial charge in [-0.15, -0.1) is 0 Å². The Morgan fingerprint density at radius 1 is 0.312 bits per heavy atom. The van der Waals surface area contributed by atoms with Crippen LogP contribution in [0.2, 0.25) is 0 Å². The molecule has 2 nitrogen and oxygen atoms in total. The average Bonchev–Trinajstić information content (AvgIpc) is 4.29. The molecule has 0 bridgehead atoms. The van der Waals surface area contributed by atoms with Crippen molar-refractivity contribution in [1.82, 2.24) is 0 Å². The first-order valence-electron chi connectivity index (χ1n) is 28.5. The molecule has 4 aliphatic rings. The first kappa shape index (κ1) is 44.8. The van der Waals surface area contributed by atoms with E-state index >= 15 is 0 Å². The highest BCUT2D eigenvalue weighted by Crippen LogP contribution is 2.64. The van der Waals surface area contributed by atoms with E-state index in [2.05, 4.69) is 229 Å². The van der Waals surface area contributed by atoms with Crippen LogP contribution in [0.4, 0.5) is 17.1 Å². The molecule has 12 aromatic rings. The molecule has 0 aliphatic heterocycles. The Bertz CT molecular complexity index is 4250. The summed E-state index contributed by atoms with van der Waals surface area (Å²) >= 11 is 0. The molecule has 2 fully saturated rings. The lowest BCUT2D eigenvalue weighted by molar-refractivity contribution is 0.443. The molecule has 0 radical (unpaired) electrons. The van der Waals surface area contributed by atoms with Gasteiger partial charge in [-0.1, -0.05) is 196 Å². The maximum absolute atomic E-state index is 6.64. The fourth-order valence-electron chi connectivity index (χ4n) is 14.8. The summed E-state index contributed by atoms with van der Waals surface area (Å²) in [5, 5.41) is 7.27. The van der Waals surface area contributed by atoms with Crippen molar-refractivity contribution < 1.29 is 4.42 Å². The second kappa shape index (κ2) is 17.8. The van der Waals surface area contributed by atoms with Crippen LogP contribution in [0.1, 0.15) is 109 Å². The molecule has 0 N–H and O–H groups in total. The molecule has 1 spiro atoms. The molecule has 4 aliphatic carbocycles. The molecular formula is C75H59NO. The molecule has 0 saturated heterocycles. The van der Waals surface area contributed by atoms with Crippen LogP contribution in [-0.2, 0) is 5.41 Å². The molecule has 2 heteroatoms. The van der Waals surface area contributed by atoms with Crippen LogP contribution in [0.15, 0.2) is 229 Å². The second-order valence-electron chi connectivity index (χ2n) is 22.8. The Kier molecular flexibility index (Phi) is 10.4. The minimum Gasteiger partial charge on any atom is -0.456 e. The third-order valence-electron chi connectivity index (χ3n) is 18.6. The zero-order valence-electron chi connectivity index (χ0n) is 43.4. The third kappa shape index (κ3) is 7.14. The molecular weight excluding hydrogens is 931 g/mol. The van der Waals surface area contributed by atoms with Gasteiger partial charge >= 0.3 is 0 Å². The summed E-state index contributed by atoms with van der Waals surface area (Å²) in [6, 6.07) is 85.7. The number of nitrogens with zero attached hydrogens (tertiary/aromatic N) is 1. The van der Waals surface area contributed by atoms with Gasteiger partial charge in [0.1, 0.15) is 11.2 Å². The monoisotopic (exact) mass is 989 g/mol. The van der Waals surface area contributed by atoms with E-state index in [9.17, 15) is 0 Å². The zero-order valence-corrected chi connectivity index (χ0v) is 43.4. The van der Waals surface area contributed by atoms with Gasteiger partial charge in [0.25, 0.3) is 0 Å². The minimum absolute atomic E-state index is 0.466. The van der Waals surface area contributed by atoms with Crippen molar-refractivity contribution in [3.63, 3.8) is 0 Å². The van der Waals surface area contributed by atoms with Gasteiger partial charge in [-0.2, -0.15) is 0 Å². The van der Waals surface area contributed by atoms with E-state index in [1.165, 1.54) is 164 Å². The Morgan fingerprint density at radius 3 is 1.45 bits per heavy atom. The molecule has 1 heterocycles. The summed E-state index contributed by atoms with van der Waals surface area (Å²) in [4.78, 5) is 2.47. The Hall–Kier alpha value is -8.46. The molecule has 2 saturated carbocycles. The van der Waals surface area contributed by atoms with Crippen LogP contribution in [-0.4, -0.2) is 0 Å². The van der Waals surface area contributed by atoms with Crippen LogP contribution in [0.3, 0.4) is 0 Å². The Morgan fingerprint density at radius 2 is 0.779 bits per heavy atom. The smallest absolute Gasteiger partial charge is 0.137 e. The fourth-order valence-corrected chi connectivity index (χ4v) is 14.8. The zero-order chi connectivity index (χ0) is 50.6. The van der Waals surface area contributed by atoms with Gasteiger partial charge in [-0.25, -0.2) is 0 Å². The van der Waals surface area contributed by atoms with Crippen LogP contribution < -0.4 is 4.90 Å². The van der Waals surface area contributed by atoms with Gasteiger partial charge < -0.3 is 9.32 Å². The van der Waals surface area contributed by atoms with E-state index in [1.807, 2.05) is 0 Å². The minimum atomic E-state index is -0.466. The quantitative estimate of drug-likeness (QED) is 0.158. The number of furan rings is 1. The van der Waals surface area contributed by atoms with Crippen molar-refractivity contribution in [2.24, 2.45) is 0 Å². The predicted octanol–water partition coefficient (Wildman–Crippen LogP) is 21.1. The van der Waals surface area contributed by atoms with Crippen LogP contribution >= 0.6 is 0 Å². The third-order valence-corrected chi connectivity index (χ3v) is 18.6. The molecule has 0 amide bonds. The van der Waals surface area contributed by atoms with E-state index in [0.29, 0.717) is 11.8 Å². The number of benzene rings is 11. The highest BCUT2D eigenvalue weighted by Gasteiger charge is 2.52. The van der Waals surface area contributed by atoms with Crippen molar-refractivity contribution in [3.05, 3.63) is 258 Å². The normalized spacial score (nSPS) is 15.8. The van der Waals surface area contributed by atoms with Crippen molar-refractivity contribution in [1.29, 1.82) is 0 Å². The maximum atomic E-state index is 6.64. The maximum Gasteiger partial charge on any atom is 0.137 e. The standard InChI is InChI=1S/C75H59NO/c1-3-13-48(14-4-1)58-31-37-64-65-38-32-59(49-15-5-2-6-16-49)45-71(65)75(70(64)44-58)69-21-11-9-19-63(69)66-39-35-61(46-72(66)75)76(62-36-40-68-67-20-10-12-22-73(67)77-74(68)47-62)60-33-29-51(30-34-60)53-25-26-56-43-57(28-27-55(56)42-53)54-24-23-50-17-7-8-18-52(50)41-54/h7-12,17-49H,1-6,13-16H2. The van der Waals surface area contributed by atoms with Crippen molar-refractivity contribution in [3.8, 4) is 44.5 Å². The highest BCUT2D eigenvalue weighted by molar-refractivity contribution is 6.06. The number of fused-ring (bicyclic) bond motifs is 15. The topological polar surface area (TPSA) is 16.4 Å². The van der Waals surface area contributed by atoms with Crippen molar-refractivity contribution in [2.75, 3.05) is 4.90 Å². The lowest BCUT2D eigenvalue weighted by Gasteiger charge is -2.33. The highest BCUT2D eigenvalue weighted by atomic mass is 16.3. The van der Waals surface area contributed by atoms with Gasteiger partial charge in [-0.3, -0.25) is 0 Å². The molecule has 1 aromatic heterocycles. The first-order valence-corrected chi connectivity index (χ1v) is 28.5. The molecule has 16 rings (SSSR count). The number of hydrogen-bond acceptors (Lipinski definition) is 2. The summed E-state index contributed by atoms with van der Waals surface area (Å²) in [6.45, 7) is 0. The summed E-state index contributed by atoms with van der Waals surface area (Å²) in [5.41, 5.74) is 23.7. The fraction of sp³-hybridized carbons (Fsp3) is 0.173. The summed E-state index contributed by atoms with van der Waals surface area (Å²) < 4.78 is 6.64. The second-order valence-corrected chi connectivity index (χ2v) is 22.8. The first-order chi connectivity index (χ1) is 38.1. The largest absolute Gasteiger partial charge is 0.456 e. The predicted molar refractivity (Wildman–Crippen MR) is 322 cm³/mol. The number of hydrogen-bond donors (Lipinski definition) is 0. The summed E-state index contributed by atoms with van der Waals surface area (Å²) in [6.07, 6.45) is 13.1. The average molecular weight is 990 g/mol.